The molecule has 0 unspecified atom stereocenters. The molecule has 6 heteroatoms. The highest BCUT2D eigenvalue weighted by atomic mass is 127. The van der Waals surface area contributed by atoms with E-state index in [1.165, 1.54) is 0 Å². The second kappa shape index (κ2) is 4.03. The molecule has 1 aromatic heterocycles. The highest BCUT2D eigenvalue weighted by molar-refractivity contribution is 14.1. The van der Waals surface area contributed by atoms with Crippen LogP contribution in [0.1, 0.15) is 22.3 Å². The van der Waals surface area contributed by atoms with Crippen LogP contribution in [-0.4, -0.2) is 11.3 Å². The minimum absolute atomic E-state index is 0.168. The fraction of sp³-hybridized carbons (Fsp3) is 0.143. The van der Waals surface area contributed by atoms with Crippen molar-refractivity contribution in [1.29, 1.82) is 0 Å². The minimum atomic E-state index is -3.02. The van der Waals surface area contributed by atoms with Gasteiger partial charge in [0.05, 0.1) is 5.56 Å². The number of rotatable bonds is 2. The fourth-order valence-corrected chi connectivity index (χ4v) is 1.37. The maximum atomic E-state index is 12.8. The summed E-state index contributed by atoms with van der Waals surface area (Å²) in [6.07, 6.45) is -2.83. The number of hydrogen-bond acceptors (Lipinski definition) is 2. The molecule has 0 aliphatic rings. The summed E-state index contributed by atoms with van der Waals surface area (Å²) in [7, 11) is 0. The minimum Gasteiger partial charge on any atom is -0.298 e. The van der Waals surface area contributed by atoms with E-state index in [1.54, 1.807) is 22.6 Å². The Balaban J connectivity index is 3.38. The molecule has 13 heavy (non-hydrogen) atoms. The molecule has 0 saturated carbocycles. The van der Waals surface area contributed by atoms with Crippen molar-refractivity contribution in [1.82, 2.24) is 4.98 Å². The zero-order valence-corrected chi connectivity index (χ0v) is 8.26. The molecule has 0 fully saturated rings. The number of aldehydes is 1. The van der Waals surface area contributed by atoms with Crippen LogP contribution in [0.15, 0.2) is 6.07 Å². The van der Waals surface area contributed by atoms with Crippen LogP contribution in [0, 0.1) is 9.65 Å². The molecule has 0 saturated heterocycles. The van der Waals surface area contributed by atoms with Gasteiger partial charge in [0.2, 0.25) is 5.95 Å². The van der Waals surface area contributed by atoms with Gasteiger partial charge in [-0.15, -0.1) is 0 Å². The van der Waals surface area contributed by atoms with Crippen LogP contribution >= 0.6 is 22.6 Å². The monoisotopic (exact) mass is 301 g/mol. The van der Waals surface area contributed by atoms with E-state index in [0.717, 1.165) is 6.07 Å². The summed E-state index contributed by atoms with van der Waals surface area (Å²) in [5.41, 5.74) is -1.29. The summed E-state index contributed by atoms with van der Waals surface area (Å²) < 4.78 is 37.3. The Labute approximate surface area is 85.3 Å². The van der Waals surface area contributed by atoms with Crippen LogP contribution in [0.25, 0.3) is 0 Å². The maximum absolute atomic E-state index is 12.8. The zero-order chi connectivity index (χ0) is 10.0. The molecule has 1 aromatic rings. The third-order valence-corrected chi connectivity index (χ3v) is 1.91. The summed E-state index contributed by atoms with van der Waals surface area (Å²) in [5.74, 6) is -1.29. The van der Waals surface area contributed by atoms with Crippen LogP contribution in [0.3, 0.4) is 0 Å². The fourth-order valence-electron chi connectivity index (χ4n) is 0.825. The van der Waals surface area contributed by atoms with E-state index in [4.69, 9.17) is 0 Å². The Bertz CT molecular complexity index is 343. The Morgan fingerprint density at radius 2 is 2.15 bits per heavy atom. The molecule has 0 N–H and O–H groups in total. The number of pyridine rings is 1. The van der Waals surface area contributed by atoms with Gasteiger partial charge in [-0.2, -0.15) is 4.39 Å². The summed E-state index contributed by atoms with van der Waals surface area (Å²) in [6.45, 7) is 0. The molecule has 0 aliphatic carbocycles. The first-order valence-electron chi connectivity index (χ1n) is 3.15. The molecule has 1 heterocycles. The van der Waals surface area contributed by atoms with Crippen molar-refractivity contribution in [3.63, 3.8) is 0 Å². The molecule has 0 spiro atoms. The van der Waals surface area contributed by atoms with Crippen molar-refractivity contribution >= 4 is 28.9 Å². The predicted molar refractivity (Wildman–Crippen MR) is 47.3 cm³/mol. The lowest BCUT2D eigenvalue weighted by atomic mass is 10.1. The number of hydrogen-bond donors (Lipinski definition) is 0. The zero-order valence-electron chi connectivity index (χ0n) is 6.10. The van der Waals surface area contributed by atoms with Crippen molar-refractivity contribution in [2.75, 3.05) is 0 Å². The van der Waals surface area contributed by atoms with Crippen LogP contribution in [0.5, 0.6) is 0 Å². The molecular formula is C7H3F3INO. The van der Waals surface area contributed by atoms with Crippen LogP contribution in [0.4, 0.5) is 13.2 Å². The maximum Gasteiger partial charge on any atom is 0.268 e. The van der Waals surface area contributed by atoms with Gasteiger partial charge in [-0.25, -0.2) is 13.8 Å². The topological polar surface area (TPSA) is 30.0 Å². The Kier molecular flexibility index (Phi) is 3.23. The van der Waals surface area contributed by atoms with Crippen molar-refractivity contribution in [2.24, 2.45) is 0 Å². The summed E-state index contributed by atoms with van der Waals surface area (Å²) in [6, 6.07) is 1.11. The van der Waals surface area contributed by atoms with E-state index in [9.17, 15) is 18.0 Å². The number of nitrogens with zero attached hydrogens (tertiary/aromatic N) is 1. The summed E-state index contributed by atoms with van der Waals surface area (Å²) in [4.78, 5) is 13.5. The third kappa shape index (κ3) is 2.17. The third-order valence-electron chi connectivity index (χ3n) is 1.36. The molecular weight excluding hydrogens is 298 g/mol. The van der Waals surface area contributed by atoms with Gasteiger partial charge < -0.3 is 0 Å². The first-order valence-corrected chi connectivity index (χ1v) is 4.23. The number of alkyl halides is 2. The van der Waals surface area contributed by atoms with Gasteiger partial charge in [-0.05, 0) is 28.7 Å². The van der Waals surface area contributed by atoms with Gasteiger partial charge in [0.1, 0.15) is 3.70 Å². The van der Waals surface area contributed by atoms with E-state index < -0.39 is 17.9 Å². The molecule has 0 atom stereocenters. The first kappa shape index (κ1) is 10.4. The number of aromatic nitrogens is 1. The molecule has 70 valence electrons. The van der Waals surface area contributed by atoms with E-state index in [0.29, 0.717) is 0 Å². The van der Waals surface area contributed by atoms with Crippen molar-refractivity contribution in [2.45, 2.75) is 6.43 Å². The van der Waals surface area contributed by atoms with E-state index in [1.807, 2.05) is 0 Å². The van der Waals surface area contributed by atoms with Gasteiger partial charge in [-0.1, -0.05) is 0 Å². The molecule has 0 bridgehead atoms. The van der Waals surface area contributed by atoms with Gasteiger partial charge in [-0.3, -0.25) is 4.79 Å². The Morgan fingerprint density at radius 1 is 1.54 bits per heavy atom. The lowest BCUT2D eigenvalue weighted by Crippen LogP contribution is -2.02. The lowest BCUT2D eigenvalue weighted by molar-refractivity contribution is 0.110. The Hall–Kier alpha value is -0.660. The average Bonchev–Trinajstić information content (AvgIpc) is 2.01. The largest absolute Gasteiger partial charge is 0.298 e. The van der Waals surface area contributed by atoms with Crippen LogP contribution < -0.4 is 0 Å². The Morgan fingerprint density at radius 3 is 2.62 bits per heavy atom. The summed E-state index contributed by atoms with van der Waals surface area (Å²) in [5, 5.41) is 0. The van der Waals surface area contributed by atoms with Gasteiger partial charge in [0.25, 0.3) is 6.43 Å². The lowest BCUT2D eigenvalue weighted by Gasteiger charge is -2.04. The standard InChI is InChI=1S/C7H3F3INO/c8-6(9)5-3(2-13)1-4(11)12-7(5)10/h1-2,6H. The molecule has 0 aromatic carbocycles. The average molecular weight is 301 g/mol. The highest BCUT2D eigenvalue weighted by Gasteiger charge is 2.19. The molecule has 0 amide bonds. The second-order valence-corrected chi connectivity index (χ2v) is 3.26. The van der Waals surface area contributed by atoms with E-state index >= 15 is 0 Å². The van der Waals surface area contributed by atoms with Crippen molar-refractivity contribution in [3.8, 4) is 0 Å². The normalized spacial score (nSPS) is 10.5. The van der Waals surface area contributed by atoms with Crippen LogP contribution in [0.2, 0.25) is 0 Å². The van der Waals surface area contributed by atoms with Gasteiger partial charge >= 0.3 is 0 Å². The van der Waals surface area contributed by atoms with Crippen molar-refractivity contribution < 1.29 is 18.0 Å². The van der Waals surface area contributed by atoms with E-state index in [2.05, 4.69) is 4.98 Å². The highest BCUT2D eigenvalue weighted by Crippen LogP contribution is 2.24. The van der Waals surface area contributed by atoms with Gasteiger partial charge in [0.15, 0.2) is 6.29 Å². The quantitative estimate of drug-likeness (QED) is 0.477. The van der Waals surface area contributed by atoms with Crippen molar-refractivity contribution in [3.05, 3.63) is 26.8 Å². The van der Waals surface area contributed by atoms with Gasteiger partial charge in [0, 0.05) is 5.56 Å². The molecule has 1 rings (SSSR count). The summed E-state index contributed by atoms with van der Waals surface area (Å²) >= 11 is 1.64. The number of carbonyl (C=O) groups is 1. The smallest absolute Gasteiger partial charge is 0.268 e. The second-order valence-electron chi connectivity index (χ2n) is 2.16. The van der Waals surface area contributed by atoms with Crippen LogP contribution in [-0.2, 0) is 0 Å². The molecule has 2 nitrogen and oxygen atoms in total. The van der Waals surface area contributed by atoms with E-state index in [-0.39, 0.29) is 15.6 Å². The molecule has 0 aliphatic heterocycles. The molecule has 0 radical (unpaired) electrons. The number of halogens is 4. The predicted octanol–water partition coefficient (Wildman–Crippen LogP) is 2.58. The number of carbonyl (C=O) groups excluding carboxylic acids is 1. The first-order chi connectivity index (χ1) is 6.06. The SMILES string of the molecule is O=Cc1cc(I)nc(F)c1C(F)F.